The number of thiophene rings is 1. The molecular weight excluding hydrogens is 402 g/mol. The minimum absolute atomic E-state index is 0.108. The number of benzene rings is 2. The highest BCUT2D eigenvalue weighted by atomic mass is 32.1. The second-order valence-electron chi connectivity index (χ2n) is 9.53. The number of hydrogen-bond acceptors (Lipinski definition) is 4. The molecule has 4 heteroatoms. The Hall–Kier alpha value is -1.72. The van der Waals surface area contributed by atoms with Gasteiger partial charge in [0.25, 0.3) is 0 Å². The van der Waals surface area contributed by atoms with Gasteiger partial charge in [0.15, 0.2) is 0 Å². The topological polar surface area (TPSA) is 41.5 Å². The van der Waals surface area contributed by atoms with Crippen molar-refractivity contribution in [3.63, 3.8) is 0 Å². The van der Waals surface area contributed by atoms with E-state index in [0.29, 0.717) is 19.1 Å². The highest BCUT2D eigenvalue weighted by molar-refractivity contribution is 7.12. The van der Waals surface area contributed by atoms with Crippen molar-refractivity contribution >= 4 is 22.1 Å². The van der Waals surface area contributed by atoms with Gasteiger partial charge in [-0.3, -0.25) is 0 Å². The quantitative estimate of drug-likeness (QED) is 0.392. The number of aryl methyl sites for hydroxylation is 1. The van der Waals surface area contributed by atoms with Crippen LogP contribution < -0.4 is 5.32 Å². The smallest absolute Gasteiger partial charge is 0.0946 e. The van der Waals surface area contributed by atoms with Crippen molar-refractivity contribution in [1.29, 1.82) is 0 Å². The van der Waals surface area contributed by atoms with Crippen LogP contribution in [-0.2, 0) is 17.6 Å². The first kappa shape index (κ1) is 22.5. The summed E-state index contributed by atoms with van der Waals surface area (Å²) in [6.07, 6.45) is 4.08. The molecule has 2 unspecified atom stereocenters. The van der Waals surface area contributed by atoms with Gasteiger partial charge in [-0.15, -0.1) is 11.3 Å². The van der Waals surface area contributed by atoms with Crippen molar-refractivity contribution < 1.29 is 9.84 Å². The number of rotatable bonds is 11. The zero-order valence-electron chi connectivity index (χ0n) is 18.9. The Labute approximate surface area is 190 Å². The Morgan fingerprint density at radius 1 is 1.10 bits per heavy atom. The maximum Gasteiger partial charge on any atom is 0.0946 e. The summed E-state index contributed by atoms with van der Waals surface area (Å²) < 4.78 is 6.22. The normalized spacial score (nSPS) is 16.5. The molecule has 1 aliphatic rings. The minimum Gasteiger partial charge on any atom is -0.389 e. The van der Waals surface area contributed by atoms with Crippen LogP contribution in [0.4, 0.5) is 0 Å². The van der Waals surface area contributed by atoms with Gasteiger partial charge in [-0.05, 0) is 73.9 Å². The molecule has 3 nitrogen and oxygen atoms in total. The molecule has 0 radical (unpaired) electrons. The molecule has 1 heterocycles. The summed E-state index contributed by atoms with van der Waals surface area (Å²) in [6.45, 7) is 7.49. The molecule has 0 saturated heterocycles. The first-order chi connectivity index (χ1) is 14.9. The lowest BCUT2D eigenvalue weighted by atomic mass is 9.93. The first-order valence-electron chi connectivity index (χ1n) is 11.5. The lowest BCUT2D eigenvalue weighted by Gasteiger charge is -2.28. The second kappa shape index (κ2) is 9.83. The van der Waals surface area contributed by atoms with E-state index in [-0.39, 0.29) is 11.6 Å². The van der Waals surface area contributed by atoms with Crippen molar-refractivity contribution in [2.45, 2.75) is 64.2 Å². The number of nitrogens with one attached hydrogen (secondary N) is 1. The molecule has 0 amide bonds. The fourth-order valence-corrected chi connectivity index (χ4v) is 5.27. The summed E-state index contributed by atoms with van der Waals surface area (Å²) in [5, 5.41) is 16.7. The van der Waals surface area contributed by atoms with Gasteiger partial charge in [-0.2, -0.15) is 0 Å². The Morgan fingerprint density at radius 2 is 1.87 bits per heavy atom. The molecule has 1 aliphatic carbocycles. The summed E-state index contributed by atoms with van der Waals surface area (Å²) in [5.74, 6) is 0.618. The van der Waals surface area contributed by atoms with Gasteiger partial charge in [0.2, 0.25) is 0 Å². The Kier molecular flexibility index (Phi) is 7.12. The molecule has 0 spiro atoms. The van der Waals surface area contributed by atoms with E-state index in [1.165, 1.54) is 38.9 Å². The van der Waals surface area contributed by atoms with E-state index < -0.39 is 6.10 Å². The van der Waals surface area contributed by atoms with Crippen molar-refractivity contribution in [2.24, 2.45) is 5.92 Å². The highest BCUT2D eigenvalue weighted by Gasteiger charge is 2.34. The van der Waals surface area contributed by atoms with Gasteiger partial charge in [0.1, 0.15) is 0 Å². The standard InChI is InChI=1S/C27H35NO2S/c1-4-24-13-14-25(31-24)26(21-11-12-21)30-18-23(29)17-28-27(2,3)16-19-9-10-20-7-5-6-8-22(20)15-19/h5-10,13-15,21,23,26,28-29H,4,11-12,16-18H2,1-3H3. The molecule has 1 fully saturated rings. The SMILES string of the molecule is CCc1ccc(C(OCC(O)CNC(C)(C)Cc2ccc3ccccc3c2)C2CC2)s1. The molecule has 0 bridgehead atoms. The largest absolute Gasteiger partial charge is 0.389 e. The highest BCUT2D eigenvalue weighted by Crippen LogP contribution is 2.45. The minimum atomic E-state index is -0.511. The van der Waals surface area contributed by atoms with E-state index in [4.69, 9.17) is 4.74 Å². The van der Waals surface area contributed by atoms with Gasteiger partial charge < -0.3 is 15.2 Å². The maximum absolute atomic E-state index is 10.6. The first-order valence-corrected chi connectivity index (χ1v) is 12.4. The average molecular weight is 438 g/mol. The summed E-state index contributed by atoms with van der Waals surface area (Å²) in [5.41, 5.74) is 1.20. The van der Waals surface area contributed by atoms with Crippen molar-refractivity contribution in [1.82, 2.24) is 5.32 Å². The van der Waals surface area contributed by atoms with E-state index in [0.717, 1.165) is 12.8 Å². The fourth-order valence-electron chi connectivity index (χ4n) is 4.18. The van der Waals surface area contributed by atoms with Crippen LogP contribution in [0.3, 0.4) is 0 Å². The van der Waals surface area contributed by atoms with Crippen LogP contribution >= 0.6 is 11.3 Å². The van der Waals surface area contributed by atoms with Gasteiger partial charge in [-0.1, -0.05) is 49.4 Å². The van der Waals surface area contributed by atoms with Crippen LogP contribution in [0.15, 0.2) is 54.6 Å². The number of β-amino-alcohol motifs (C(OH)–C–C–N with tert-alkyl or cyclic N) is 1. The van der Waals surface area contributed by atoms with Crippen molar-refractivity contribution in [2.75, 3.05) is 13.2 Å². The Balaban J connectivity index is 1.28. The van der Waals surface area contributed by atoms with E-state index in [9.17, 15) is 5.11 Å². The number of aliphatic hydroxyl groups is 1. The molecular formula is C27H35NO2S. The third-order valence-electron chi connectivity index (χ3n) is 6.11. The lowest BCUT2D eigenvalue weighted by molar-refractivity contribution is -0.0196. The zero-order chi connectivity index (χ0) is 21.8. The predicted molar refractivity (Wildman–Crippen MR) is 131 cm³/mol. The molecule has 1 aromatic heterocycles. The number of fused-ring (bicyclic) bond motifs is 1. The van der Waals surface area contributed by atoms with Crippen LogP contribution in [0.5, 0.6) is 0 Å². The third-order valence-corrected chi connectivity index (χ3v) is 7.40. The van der Waals surface area contributed by atoms with Crippen LogP contribution in [0.2, 0.25) is 0 Å². The summed E-state index contributed by atoms with van der Waals surface area (Å²) in [6, 6.07) is 19.6. The third kappa shape index (κ3) is 6.17. The number of hydrogen-bond donors (Lipinski definition) is 2. The summed E-state index contributed by atoms with van der Waals surface area (Å²) >= 11 is 1.86. The van der Waals surface area contributed by atoms with E-state index >= 15 is 0 Å². The fraction of sp³-hybridized carbons (Fsp3) is 0.481. The lowest BCUT2D eigenvalue weighted by Crippen LogP contribution is -2.46. The molecule has 166 valence electrons. The summed E-state index contributed by atoms with van der Waals surface area (Å²) in [7, 11) is 0. The van der Waals surface area contributed by atoms with E-state index in [1.54, 1.807) is 0 Å². The molecule has 4 rings (SSSR count). The van der Waals surface area contributed by atoms with E-state index in [2.05, 4.69) is 80.7 Å². The molecule has 0 aliphatic heterocycles. The van der Waals surface area contributed by atoms with Crippen LogP contribution in [0.25, 0.3) is 10.8 Å². The van der Waals surface area contributed by atoms with Crippen LogP contribution in [0, 0.1) is 5.92 Å². The van der Waals surface area contributed by atoms with Crippen molar-refractivity contribution in [3.05, 3.63) is 69.9 Å². The molecule has 31 heavy (non-hydrogen) atoms. The van der Waals surface area contributed by atoms with Gasteiger partial charge >= 0.3 is 0 Å². The Morgan fingerprint density at radius 3 is 2.58 bits per heavy atom. The predicted octanol–water partition coefficient (Wildman–Crippen LogP) is 5.90. The monoisotopic (exact) mass is 437 g/mol. The van der Waals surface area contributed by atoms with Gasteiger partial charge in [0.05, 0.1) is 18.8 Å². The zero-order valence-corrected chi connectivity index (χ0v) is 19.8. The molecule has 2 atom stereocenters. The van der Waals surface area contributed by atoms with Gasteiger partial charge in [-0.25, -0.2) is 0 Å². The van der Waals surface area contributed by atoms with Gasteiger partial charge in [0, 0.05) is 21.8 Å². The molecule has 3 aromatic rings. The maximum atomic E-state index is 10.6. The molecule has 2 aromatic carbocycles. The second-order valence-corrected chi connectivity index (χ2v) is 10.7. The molecule has 2 N–H and O–H groups in total. The number of aliphatic hydroxyl groups excluding tert-OH is 1. The van der Waals surface area contributed by atoms with Crippen LogP contribution in [-0.4, -0.2) is 29.9 Å². The van der Waals surface area contributed by atoms with Crippen molar-refractivity contribution in [3.8, 4) is 0 Å². The van der Waals surface area contributed by atoms with Crippen LogP contribution in [0.1, 0.15) is 55.0 Å². The average Bonchev–Trinajstić information content (AvgIpc) is 3.48. The van der Waals surface area contributed by atoms with E-state index in [1.807, 2.05) is 11.3 Å². The number of ether oxygens (including phenoxy) is 1. The molecule has 1 saturated carbocycles. The Bertz CT molecular complexity index is 992. The summed E-state index contributed by atoms with van der Waals surface area (Å²) in [4.78, 5) is 2.72.